The molecule has 0 saturated heterocycles. The summed E-state index contributed by atoms with van der Waals surface area (Å²) in [6.45, 7) is 3.32. The summed E-state index contributed by atoms with van der Waals surface area (Å²) in [6.07, 6.45) is 0.445. The van der Waals surface area contributed by atoms with Gasteiger partial charge in [-0.15, -0.1) is 0 Å². The van der Waals surface area contributed by atoms with Gasteiger partial charge in [-0.3, -0.25) is 9.59 Å². The second kappa shape index (κ2) is 6.61. The van der Waals surface area contributed by atoms with E-state index in [-0.39, 0.29) is 34.4 Å². The zero-order valence-corrected chi connectivity index (χ0v) is 11.5. The predicted molar refractivity (Wildman–Crippen MR) is 68.3 cm³/mol. The second-order valence-electron chi connectivity index (χ2n) is 3.37. The van der Waals surface area contributed by atoms with Gasteiger partial charge in [-0.05, 0) is 0 Å². The SMILES string of the molecule is CCC(=O)Oc1cc(Cl)c(OC(=O)CC)cc1Cl. The maximum absolute atomic E-state index is 11.1. The van der Waals surface area contributed by atoms with Gasteiger partial charge in [-0.25, -0.2) is 0 Å². The number of hydrogen-bond donors (Lipinski definition) is 0. The van der Waals surface area contributed by atoms with E-state index in [1.807, 2.05) is 0 Å². The lowest BCUT2D eigenvalue weighted by Crippen LogP contribution is -2.08. The van der Waals surface area contributed by atoms with Crippen molar-refractivity contribution in [2.45, 2.75) is 26.7 Å². The highest BCUT2D eigenvalue weighted by atomic mass is 35.5. The lowest BCUT2D eigenvalue weighted by atomic mass is 10.3. The van der Waals surface area contributed by atoms with Crippen LogP contribution in [0.5, 0.6) is 11.5 Å². The minimum absolute atomic E-state index is 0.143. The van der Waals surface area contributed by atoms with Gasteiger partial charge < -0.3 is 9.47 Å². The van der Waals surface area contributed by atoms with Gasteiger partial charge in [-0.1, -0.05) is 37.0 Å². The van der Waals surface area contributed by atoms with E-state index < -0.39 is 11.9 Å². The maximum atomic E-state index is 11.1. The van der Waals surface area contributed by atoms with Gasteiger partial charge in [0.2, 0.25) is 0 Å². The third kappa shape index (κ3) is 3.89. The molecule has 0 saturated carbocycles. The molecule has 0 amide bonds. The van der Waals surface area contributed by atoms with Crippen LogP contribution < -0.4 is 9.47 Å². The maximum Gasteiger partial charge on any atom is 0.310 e. The molecule has 0 fully saturated rings. The van der Waals surface area contributed by atoms with Gasteiger partial charge in [0.05, 0.1) is 10.0 Å². The van der Waals surface area contributed by atoms with Crippen LogP contribution in [0.25, 0.3) is 0 Å². The van der Waals surface area contributed by atoms with E-state index in [2.05, 4.69) is 0 Å². The van der Waals surface area contributed by atoms with E-state index in [0.29, 0.717) is 0 Å². The van der Waals surface area contributed by atoms with Crippen LogP contribution in [-0.4, -0.2) is 11.9 Å². The fourth-order valence-electron chi connectivity index (χ4n) is 1.06. The number of carbonyl (C=O) groups excluding carboxylic acids is 2. The fourth-order valence-corrected chi connectivity index (χ4v) is 1.44. The Morgan fingerprint density at radius 2 is 1.28 bits per heavy atom. The van der Waals surface area contributed by atoms with Crippen LogP contribution in [0.2, 0.25) is 10.0 Å². The summed E-state index contributed by atoms with van der Waals surface area (Å²) in [6, 6.07) is 2.69. The van der Waals surface area contributed by atoms with Crippen molar-refractivity contribution >= 4 is 35.1 Å². The molecule has 0 aliphatic heterocycles. The average Bonchev–Trinajstić information content (AvgIpc) is 2.34. The summed E-state index contributed by atoms with van der Waals surface area (Å²) in [4.78, 5) is 22.3. The van der Waals surface area contributed by atoms with Crippen molar-refractivity contribution in [3.8, 4) is 11.5 Å². The zero-order valence-electron chi connectivity index (χ0n) is 9.96. The van der Waals surface area contributed by atoms with E-state index in [0.717, 1.165) is 0 Å². The number of rotatable bonds is 4. The van der Waals surface area contributed by atoms with Crippen LogP contribution in [-0.2, 0) is 9.59 Å². The zero-order chi connectivity index (χ0) is 13.7. The van der Waals surface area contributed by atoms with Gasteiger partial charge in [0.25, 0.3) is 0 Å². The Morgan fingerprint density at radius 1 is 0.944 bits per heavy atom. The third-order valence-electron chi connectivity index (χ3n) is 2.01. The molecule has 0 N–H and O–H groups in total. The first kappa shape index (κ1) is 14.8. The molecule has 0 atom stereocenters. The molecule has 1 aromatic carbocycles. The lowest BCUT2D eigenvalue weighted by Gasteiger charge is -2.09. The highest BCUT2D eigenvalue weighted by molar-refractivity contribution is 6.35. The highest BCUT2D eigenvalue weighted by Gasteiger charge is 2.14. The molecule has 1 aromatic rings. The molecule has 0 aromatic heterocycles. The molecule has 18 heavy (non-hydrogen) atoms. The molecule has 0 heterocycles. The van der Waals surface area contributed by atoms with Crippen molar-refractivity contribution in [3.63, 3.8) is 0 Å². The number of benzene rings is 1. The predicted octanol–water partition coefficient (Wildman–Crippen LogP) is 3.62. The van der Waals surface area contributed by atoms with Crippen LogP contribution in [0.1, 0.15) is 26.7 Å². The van der Waals surface area contributed by atoms with Gasteiger partial charge in [0, 0.05) is 25.0 Å². The minimum atomic E-state index is -0.425. The molecule has 0 radical (unpaired) electrons. The second-order valence-corrected chi connectivity index (χ2v) is 4.18. The van der Waals surface area contributed by atoms with Gasteiger partial charge >= 0.3 is 11.9 Å². The Kier molecular flexibility index (Phi) is 5.44. The Bertz CT molecular complexity index is 428. The summed E-state index contributed by atoms with van der Waals surface area (Å²) in [5.74, 6) is -0.563. The lowest BCUT2D eigenvalue weighted by molar-refractivity contribution is -0.135. The topological polar surface area (TPSA) is 52.6 Å². The molecule has 0 bridgehead atoms. The molecular weight excluding hydrogens is 279 g/mol. The molecule has 0 unspecified atom stereocenters. The van der Waals surface area contributed by atoms with Crippen molar-refractivity contribution in [1.29, 1.82) is 0 Å². The molecule has 0 spiro atoms. The van der Waals surface area contributed by atoms with Crippen LogP contribution >= 0.6 is 23.2 Å². The monoisotopic (exact) mass is 290 g/mol. The fraction of sp³-hybridized carbons (Fsp3) is 0.333. The number of carbonyl (C=O) groups is 2. The minimum Gasteiger partial charge on any atom is -0.425 e. The van der Waals surface area contributed by atoms with Crippen LogP contribution in [0.4, 0.5) is 0 Å². The largest absolute Gasteiger partial charge is 0.425 e. The number of hydrogen-bond acceptors (Lipinski definition) is 4. The summed E-state index contributed by atoms with van der Waals surface area (Å²) in [5, 5.41) is 0.306. The third-order valence-corrected chi connectivity index (χ3v) is 2.60. The molecule has 98 valence electrons. The molecular formula is C12H12Cl2O4. The van der Waals surface area contributed by atoms with Crippen molar-refractivity contribution in [2.24, 2.45) is 0 Å². The summed E-state index contributed by atoms with van der Waals surface area (Å²) in [7, 11) is 0. The first-order chi connectivity index (χ1) is 8.47. The van der Waals surface area contributed by atoms with E-state index in [1.54, 1.807) is 13.8 Å². The quantitative estimate of drug-likeness (QED) is 0.628. The summed E-state index contributed by atoms with van der Waals surface area (Å²) in [5.41, 5.74) is 0. The summed E-state index contributed by atoms with van der Waals surface area (Å²) < 4.78 is 9.93. The van der Waals surface area contributed by atoms with Crippen molar-refractivity contribution in [3.05, 3.63) is 22.2 Å². The van der Waals surface area contributed by atoms with Gasteiger partial charge in [0.1, 0.15) is 0 Å². The Morgan fingerprint density at radius 3 is 1.56 bits per heavy atom. The number of ether oxygens (including phenoxy) is 2. The standard InChI is InChI=1S/C12H12Cl2O4/c1-3-11(15)17-9-5-8(14)10(6-7(9)13)18-12(16)4-2/h5-6H,3-4H2,1-2H3. The van der Waals surface area contributed by atoms with Crippen LogP contribution in [0, 0.1) is 0 Å². The Hall–Kier alpha value is -1.26. The first-order valence-electron chi connectivity index (χ1n) is 5.38. The van der Waals surface area contributed by atoms with Crippen molar-refractivity contribution in [2.75, 3.05) is 0 Å². The van der Waals surface area contributed by atoms with Crippen LogP contribution in [0.3, 0.4) is 0 Å². The van der Waals surface area contributed by atoms with Crippen LogP contribution in [0.15, 0.2) is 12.1 Å². The normalized spacial score (nSPS) is 10.0. The van der Waals surface area contributed by atoms with Gasteiger partial charge in [-0.2, -0.15) is 0 Å². The van der Waals surface area contributed by atoms with Gasteiger partial charge in [0.15, 0.2) is 11.5 Å². The van der Waals surface area contributed by atoms with E-state index in [1.165, 1.54) is 12.1 Å². The molecule has 1 rings (SSSR count). The average molecular weight is 291 g/mol. The smallest absolute Gasteiger partial charge is 0.310 e. The molecule has 0 aliphatic carbocycles. The van der Waals surface area contributed by atoms with E-state index >= 15 is 0 Å². The van der Waals surface area contributed by atoms with Crippen molar-refractivity contribution < 1.29 is 19.1 Å². The number of halogens is 2. The van der Waals surface area contributed by atoms with Crippen molar-refractivity contribution in [1.82, 2.24) is 0 Å². The Labute approximate surface area is 115 Å². The highest BCUT2D eigenvalue weighted by Crippen LogP contribution is 2.36. The molecule has 0 aliphatic rings. The van der Waals surface area contributed by atoms with E-state index in [9.17, 15) is 9.59 Å². The first-order valence-corrected chi connectivity index (χ1v) is 6.13. The number of esters is 2. The molecule has 4 nitrogen and oxygen atoms in total. The molecule has 6 heteroatoms. The summed E-state index contributed by atoms with van der Waals surface area (Å²) >= 11 is 11.8. The Balaban J connectivity index is 2.96. The van der Waals surface area contributed by atoms with E-state index in [4.69, 9.17) is 32.7 Å².